The first-order valence-corrected chi connectivity index (χ1v) is 12.3. The van der Waals surface area contributed by atoms with Crippen LogP contribution in [-0.2, 0) is 19.5 Å². The van der Waals surface area contributed by atoms with Crippen molar-refractivity contribution in [2.45, 2.75) is 45.7 Å². The third-order valence-corrected chi connectivity index (χ3v) is 6.37. The third-order valence-electron chi connectivity index (χ3n) is 6.37. The van der Waals surface area contributed by atoms with Crippen LogP contribution in [0.5, 0.6) is 0 Å². The van der Waals surface area contributed by atoms with Gasteiger partial charge >= 0.3 is 5.69 Å². The van der Waals surface area contributed by atoms with Gasteiger partial charge in [0.25, 0.3) is 0 Å². The van der Waals surface area contributed by atoms with Crippen LogP contribution in [-0.4, -0.2) is 34.7 Å². The summed E-state index contributed by atoms with van der Waals surface area (Å²) in [7, 11) is 0. The van der Waals surface area contributed by atoms with Gasteiger partial charge in [-0.05, 0) is 40.8 Å². The molecule has 0 aliphatic heterocycles. The summed E-state index contributed by atoms with van der Waals surface area (Å²) >= 11 is 0. The van der Waals surface area contributed by atoms with Crippen molar-refractivity contribution in [3.05, 3.63) is 107 Å². The molecule has 36 heavy (non-hydrogen) atoms. The molecule has 0 unspecified atom stereocenters. The van der Waals surface area contributed by atoms with Gasteiger partial charge in [-0.2, -0.15) is 5.21 Å². The van der Waals surface area contributed by atoms with Gasteiger partial charge in [0.2, 0.25) is 5.82 Å². The Labute approximate surface area is 209 Å². The summed E-state index contributed by atoms with van der Waals surface area (Å²) in [6, 6.07) is 20.3. The standard InChI is InChI=1S/C28H29N7O/c1-2-3-5-10-24-20-34(28(36)35(24)19-21-8-6-4-7-9-21)18-22-11-13-23(14-12-22)26-17-29-16-15-25(26)27-30-32-33-31-27/h4,6-9,11-17,20H,2-3,5,10,18-19H2,1H3,(H,30,31,32,33). The number of aromatic nitrogens is 7. The quantitative estimate of drug-likeness (QED) is 0.293. The van der Waals surface area contributed by atoms with E-state index in [1.54, 1.807) is 12.4 Å². The molecule has 3 heterocycles. The molecule has 3 aromatic heterocycles. The van der Waals surface area contributed by atoms with Crippen LogP contribution in [0.25, 0.3) is 22.5 Å². The van der Waals surface area contributed by atoms with Crippen molar-refractivity contribution in [3.8, 4) is 22.5 Å². The van der Waals surface area contributed by atoms with Gasteiger partial charge in [0, 0.05) is 35.4 Å². The number of H-pyrrole nitrogens is 1. The second kappa shape index (κ2) is 10.9. The van der Waals surface area contributed by atoms with Gasteiger partial charge in [-0.1, -0.05) is 74.4 Å². The summed E-state index contributed by atoms with van der Waals surface area (Å²) in [5.74, 6) is 0.526. The number of unbranched alkanes of at least 4 members (excludes halogenated alkanes) is 2. The summed E-state index contributed by atoms with van der Waals surface area (Å²) in [4.78, 5) is 17.7. The molecule has 2 aromatic carbocycles. The van der Waals surface area contributed by atoms with Crippen LogP contribution < -0.4 is 5.69 Å². The van der Waals surface area contributed by atoms with E-state index < -0.39 is 0 Å². The minimum Gasteiger partial charge on any atom is -0.295 e. The van der Waals surface area contributed by atoms with Crippen molar-refractivity contribution in [2.24, 2.45) is 0 Å². The number of aromatic amines is 1. The zero-order valence-electron chi connectivity index (χ0n) is 20.3. The maximum Gasteiger partial charge on any atom is 0.328 e. The maximum absolute atomic E-state index is 13.4. The molecule has 0 fully saturated rings. The second-order valence-corrected chi connectivity index (χ2v) is 8.91. The minimum absolute atomic E-state index is 0.0288. The molecule has 0 spiro atoms. The number of hydrogen-bond acceptors (Lipinski definition) is 5. The molecule has 0 amide bonds. The van der Waals surface area contributed by atoms with Crippen molar-refractivity contribution in [1.29, 1.82) is 0 Å². The Bertz CT molecular complexity index is 1450. The Balaban J connectivity index is 1.40. The van der Waals surface area contributed by atoms with E-state index in [2.05, 4.69) is 56.8 Å². The van der Waals surface area contributed by atoms with Crippen molar-refractivity contribution >= 4 is 0 Å². The highest BCUT2D eigenvalue weighted by Gasteiger charge is 2.14. The van der Waals surface area contributed by atoms with E-state index in [0.717, 1.165) is 59.2 Å². The SMILES string of the molecule is CCCCCc1cn(Cc2ccc(-c3cnccc3-c3nn[nH]n3)cc2)c(=O)n1Cc1ccccc1. The van der Waals surface area contributed by atoms with Crippen LogP contribution in [0, 0.1) is 0 Å². The van der Waals surface area contributed by atoms with Crippen molar-refractivity contribution in [3.63, 3.8) is 0 Å². The number of rotatable bonds is 10. The summed E-state index contributed by atoms with van der Waals surface area (Å²) < 4.78 is 3.75. The molecule has 182 valence electrons. The van der Waals surface area contributed by atoms with Crippen molar-refractivity contribution in [1.82, 2.24) is 34.7 Å². The number of nitrogens with zero attached hydrogens (tertiary/aromatic N) is 6. The van der Waals surface area contributed by atoms with Gasteiger partial charge in [-0.25, -0.2) is 4.79 Å². The highest BCUT2D eigenvalue weighted by molar-refractivity contribution is 5.79. The van der Waals surface area contributed by atoms with Gasteiger partial charge in [-0.3, -0.25) is 14.1 Å². The first-order valence-electron chi connectivity index (χ1n) is 12.3. The molecule has 1 N–H and O–H groups in total. The Kier molecular flexibility index (Phi) is 7.12. The summed E-state index contributed by atoms with van der Waals surface area (Å²) in [5, 5.41) is 14.4. The van der Waals surface area contributed by atoms with Crippen LogP contribution in [0.15, 0.2) is 84.0 Å². The van der Waals surface area contributed by atoms with Crippen LogP contribution in [0.2, 0.25) is 0 Å². The van der Waals surface area contributed by atoms with Gasteiger partial charge < -0.3 is 0 Å². The highest BCUT2D eigenvalue weighted by atomic mass is 16.1. The molecular weight excluding hydrogens is 450 g/mol. The largest absolute Gasteiger partial charge is 0.328 e. The van der Waals surface area contributed by atoms with E-state index in [9.17, 15) is 4.79 Å². The Hall–Kier alpha value is -4.33. The van der Waals surface area contributed by atoms with E-state index in [-0.39, 0.29) is 5.69 Å². The Morgan fingerprint density at radius 3 is 2.44 bits per heavy atom. The van der Waals surface area contributed by atoms with E-state index in [0.29, 0.717) is 18.9 Å². The fourth-order valence-electron chi connectivity index (χ4n) is 4.47. The molecule has 5 aromatic rings. The molecule has 0 saturated heterocycles. The van der Waals surface area contributed by atoms with Crippen LogP contribution >= 0.6 is 0 Å². The lowest BCUT2D eigenvalue weighted by atomic mass is 10.0. The number of tetrazole rings is 1. The molecule has 0 radical (unpaired) electrons. The molecule has 0 aliphatic carbocycles. The Morgan fingerprint density at radius 2 is 1.69 bits per heavy atom. The average Bonchev–Trinajstić information content (AvgIpc) is 3.55. The number of imidazole rings is 1. The van der Waals surface area contributed by atoms with E-state index in [1.165, 1.54) is 0 Å². The lowest BCUT2D eigenvalue weighted by molar-refractivity contribution is 0.643. The molecular formula is C28H29N7O. The lowest BCUT2D eigenvalue weighted by Gasteiger charge is -2.08. The van der Waals surface area contributed by atoms with Crippen LogP contribution in [0.4, 0.5) is 0 Å². The highest BCUT2D eigenvalue weighted by Crippen LogP contribution is 2.29. The predicted octanol–water partition coefficient (Wildman–Crippen LogP) is 4.72. The minimum atomic E-state index is 0.0288. The van der Waals surface area contributed by atoms with Crippen molar-refractivity contribution in [2.75, 3.05) is 0 Å². The third kappa shape index (κ3) is 5.17. The normalized spacial score (nSPS) is 11.1. The first kappa shape index (κ1) is 23.4. The molecule has 0 saturated carbocycles. The summed E-state index contributed by atoms with van der Waals surface area (Å²) in [6.07, 6.45) is 9.85. The molecule has 0 aliphatic rings. The zero-order valence-corrected chi connectivity index (χ0v) is 20.3. The number of aryl methyl sites for hydroxylation is 1. The lowest BCUT2D eigenvalue weighted by Crippen LogP contribution is -2.26. The molecule has 0 atom stereocenters. The maximum atomic E-state index is 13.4. The second-order valence-electron chi connectivity index (χ2n) is 8.91. The number of pyridine rings is 1. The molecule has 8 nitrogen and oxygen atoms in total. The molecule has 8 heteroatoms. The van der Waals surface area contributed by atoms with Crippen molar-refractivity contribution < 1.29 is 0 Å². The molecule has 5 rings (SSSR count). The number of nitrogens with one attached hydrogen (secondary N) is 1. The number of hydrogen-bond donors (Lipinski definition) is 1. The van der Waals surface area contributed by atoms with Gasteiger partial charge in [0.15, 0.2) is 0 Å². The van der Waals surface area contributed by atoms with E-state index in [1.807, 2.05) is 51.7 Å². The summed E-state index contributed by atoms with van der Waals surface area (Å²) in [6.45, 7) is 3.31. The smallest absolute Gasteiger partial charge is 0.295 e. The van der Waals surface area contributed by atoms with E-state index >= 15 is 0 Å². The fourth-order valence-corrected chi connectivity index (χ4v) is 4.47. The average molecular weight is 480 g/mol. The van der Waals surface area contributed by atoms with Gasteiger partial charge in [0.1, 0.15) is 0 Å². The zero-order chi connectivity index (χ0) is 24.7. The van der Waals surface area contributed by atoms with Crippen LogP contribution in [0.3, 0.4) is 0 Å². The summed E-state index contributed by atoms with van der Waals surface area (Å²) in [5.41, 5.74) is 6.10. The topological polar surface area (TPSA) is 94.3 Å². The number of benzene rings is 2. The fraction of sp³-hybridized carbons (Fsp3) is 0.250. The monoisotopic (exact) mass is 479 g/mol. The Morgan fingerprint density at radius 1 is 0.889 bits per heavy atom. The molecule has 0 bridgehead atoms. The van der Waals surface area contributed by atoms with E-state index in [4.69, 9.17) is 0 Å². The first-order chi connectivity index (χ1) is 17.7. The predicted molar refractivity (Wildman–Crippen MR) is 139 cm³/mol. The van der Waals surface area contributed by atoms with Gasteiger partial charge in [-0.15, -0.1) is 10.2 Å². The van der Waals surface area contributed by atoms with Crippen LogP contribution in [0.1, 0.15) is 43.0 Å². The van der Waals surface area contributed by atoms with Gasteiger partial charge in [0.05, 0.1) is 13.1 Å².